The Bertz CT molecular complexity index is 1810. The highest BCUT2D eigenvalue weighted by molar-refractivity contribution is 6.32. The lowest BCUT2D eigenvalue weighted by atomic mass is 9.92. The van der Waals surface area contributed by atoms with Crippen LogP contribution in [0.2, 0.25) is 5.02 Å². The molecule has 5 aliphatic rings. The molecule has 2 aromatic carbocycles. The summed E-state index contributed by atoms with van der Waals surface area (Å²) in [6.45, 7) is 4.27. The summed E-state index contributed by atoms with van der Waals surface area (Å²) >= 11 is 6.53. The van der Waals surface area contributed by atoms with Crippen LogP contribution in [-0.2, 0) is 16.0 Å². The molecule has 290 valence electrons. The minimum Gasteiger partial charge on any atom is -0.492 e. The first-order valence-corrected chi connectivity index (χ1v) is 17.8. The third-order valence-corrected chi connectivity index (χ3v) is 8.35. The quantitative estimate of drug-likeness (QED) is 0.211. The summed E-state index contributed by atoms with van der Waals surface area (Å²) in [6, 6.07) is 10.9. The molecule has 1 aliphatic carbocycles. The number of rotatable bonds is 7. The fourth-order valence-corrected chi connectivity index (χ4v) is 5.66. The molecule has 4 aliphatic heterocycles. The van der Waals surface area contributed by atoms with Gasteiger partial charge in [-0.15, -0.1) is 0 Å². The van der Waals surface area contributed by atoms with Gasteiger partial charge in [0.15, 0.2) is 6.61 Å². The number of ether oxygens (including phenoxy) is 4. The highest BCUT2D eigenvalue weighted by Crippen LogP contribution is 2.27. The van der Waals surface area contributed by atoms with Crippen molar-refractivity contribution in [1.29, 1.82) is 0 Å². The van der Waals surface area contributed by atoms with Gasteiger partial charge in [0.05, 0.1) is 24.8 Å². The second-order valence-corrected chi connectivity index (χ2v) is 13.8. The van der Waals surface area contributed by atoms with Crippen LogP contribution in [0.15, 0.2) is 66.3 Å². The molecule has 54 heavy (non-hydrogen) atoms. The monoisotopic (exact) mass is 773 g/mol. The van der Waals surface area contributed by atoms with E-state index < -0.39 is 30.3 Å². The molecule has 17 heteroatoms. The summed E-state index contributed by atoms with van der Waals surface area (Å²) in [6.07, 6.45) is 3.63. The van der Waals surface area contributed by atoms with E-state index >= 15 is 0 Å². The molecule has 8 rings (SSSR count). The van der Waals surface area contributed by atoms with Crippen molar-refractivity contribution in [1.82, 2.24) is 25.2 Å². The van der Waals surface area contributed by atoms with Crippen LogP contribution < -0.4 is 25.4 Å². The minimum absolute atomic E-state index is 0.0562. The Hall–Kier alpha value is -5.09. The van der Waals surface area contributed by atoms with Crippen molar-refractivity contribution in [3.05, 3.63) is 82.4 Å². The number of hydrogen-bond donors (Lipinski definition) is 3. The second kappa shape index (κ2) is 18.8. The van der Waals surface area contributed by atoms with Gasteiger partial charge in [-0.1, -0.05) is 49.7 Å². The van der Waals surface area contributed by atoms with Crippen LogP contribution in [-0.4, -0.2) is 90.7 Å². The van der Waals surface area contributed by atoms with E-state index in [9.17, 15) is 22.8 Å². The summed E-state index contributed by atoms with van der Waals surface area (Å²) in [7, 11) is 0. The number of nitrogens with one attached hydrogen (secondary N) is 3. The maximum absolute atomic E-state index is 13.3. The smallest absolute Gasteiger partial charge is 0.422 e. The molecule has 0 saturated heterocycles. The number of alkyl halides is 3. The number of aromatic nitrogens is 3. The maximum Gasteiger partial charge on any atom is 0.422 e. The predicted molar refractivity (Wildman–Crippen MR) is 196 cm³/mol. The normalized spacial score (nSPS) is 16.6. The number of carbonyl (C=O) groups excluding carboxylic acids is 2. The number of allylic oxidation sites excluding steroid dienone is 2. The molecule has 0 unspecified atom stereocenters. The van der Waals surface area contributed by atoms with E-state index in [1.165, 1.54) is 0 Å². The van der Waals surface area contributed by atoms with Crippen LogP contribution in [0.5, 0.6) is 11.8 Å². The summed E-state index contributed by atoms with van der Waals surface area (Å²) in [5, 5.41) is 9.13. The molecular formula is C37H43ClF3N7O6. The van der Waals surface area contributed by atoms with E-state index in [1.54, 1.807) is 47.4 Å². The Morgan fingerprint density at radius 3 is 2.57 bits per heavy atom. The van der Waals surface area contributed by atoms with E-state index in [0.29, 0.717) is 47.2 Å². The average molecular weight is 774 g/mol. The van der Waals surface area contributed by atoms with Crippen LogP contribution in [0.4, 0.5) is 35.5 Å². The second-order valence-electron chi connectivity index (χ2n) is 13.4. The lowest BCUT2D eigenvalue weighted by Crippen LogP contribution is -2.45. The van der Waals surface area contributed by atoms with Gasteiger partial charge in [-0.05, 0) is 72.2 Å². The highest BCUT2D eigenvalue weighted by Gasteiger charge is 2.30. The zero-order valence-corrected chi connectivity index (χ0v) is 30.8. The SMILES string of the molecule is CC1(C)CNC(=O)c2ccc(cc2)Nc2nc(nc(OCC(F)(F)F)n2)NCc2ccc(c(Cl)c2)OCCCN(C(=O)OCCOCC2=CCCC=C2)C1. The van der Waals surface area contributed by atoms with Crippen molar-refractivity contribution < 1.29 is 41.7 Å². The van der Waals surface area contributed by atoms with Crippen LogP contribution in [0.1, 0.15) is 49.0 Å². The van der Waals surface area contributed by atoms with E-state index in [-0.39, 0.29) is 57.3 Å². The number of nitrogens with zero attached hydrogens (tertiary/aromatic N) is 4. The van der Waals surface area contributed by atoms with E-state index in [2.05, 4.69) is 43.1 Å². The molecule has 0 atom stereocenters. The lowest BCUT2D eigenvalue weighted by Gasteiger charge is -2.32. The topological polar surface area (TPSA) is 149 Å². The number of halogens is 4. The first-order chi connectivity index (χ1) is 25.8. The highest BCUT2D eigenvalue weighted by atomic mass is 35.5. The molecule has 0 fully saturated rings. The summed E-state index contributed by atoms with van der Waals surface area (Å²) in [4.78, 5) is 40.2. The molecule has 6 bridgehead atoms. The van der Waals surface area contributed by atoms with Gasteiger partial charge in [-0.3, -0.25) is 4.79 Å². The number of amides is 2. The first kappa shape index (κ1) is 40.1. The van der Waals surface area contributed by atoms with Crippen molar-refractivity contribution in [3.8, 4) is 11.8 Å². The van der Waals surface area contributed by atoms with E-state index in [0.717, 1.165) is 18.4 Å². The summed E-state index contributed by atoms with van der Waals surface area (Å²) in [5.74, 6) is -0.0691. The van der Waals surface area contributed by atoms with Gasteiger partial charge in [0.1, 0.15) is 12.4 Å². The van der Waals surface area contributed by atoms with Gasteiger partial charge >= 0.3 is 18.3 Å². The molecule has 3 N–H and O–H groups in total. The van der Waals surface area contributed by atoms with Crippen LogP contribution in [0.3, 0.4) is 0 Å². The van der Waals surface area contributed by atoms with Gasteiger partial charge in [-0.25, -0.2) is 4.79 Å². The Morgan fingerprint density at radius 2 is 1.83 bits per heavy atom. The Kier molecular flexibility index (Phi) is 14.0. The van der Waals surface area contributed by atoms with Crippen molar-refractivity contribution in [2.45, 2.75) is 45.8 Å². The average Bonchev–Trinajstić information content (AvgIpc) is 3.14. The van der Waals surface area contributed by atoms with Crippen LogP contribution >= 0.6 is 11.6 Å². The molecule has 1 aromatic heterocycles. The molecule has 0 radical (unpaired) electrons. The van der Waals surface area contributed by atoms with Crippen molar-refractivity contribution >= 4 is 41.2 Å². The number of anilines is 3. The molecule has 0 spiro atoms. The first-order valence-electron chi connectivity index (χ1n) is 17.4. The van der Waals surface area contributed by atoms with Gasteiger partial charge in [0.25, 0.3) is 5.91 Å². The fourth-order valence-electron chi connectivity index (χ4n) is 5.40. The third-order valence-electron chi connectivity index (χ3n) is 8.06. The largest absolute Gasteiger partial charge is 0.492 e. The van der Waals surface area contributed by atoms with Crippen LogP contribution in [0.25, 0.3) is 0 Å². The lowest BCUT2D eigenvalue weighted by molar-refractivity contribution is -0.154. The van der Waals surface area contributed by atoms with E-state index in [4.69, 9.17) is 30.5 Å². The van der Waals surface area contributed by atoms with Crippen LogP contribution in [0, 0.1) is 5.41 Å². The third kappa shape index (κ3) is 13.1. The molecule has 0 saturated carbocycles. The Balaban J connectivity index is 1.30. The van der Waals surface area contributed by atoms with Gasteiger partial charge in [-0.2, -0.15) is 28.1 Å². The van der Waals surface area contributed by atoms with Crippen molar-refractivity contribution in [3.63, 3.8) is 0 Å². The fraction of sp³-hybridized carbons (Fsp3) is 0.432. The zero-order valence-electron chi connectivity index (χ0n) is 30.0. The number of carbonyl (C=O) groups is 2. The number of benzene rings is 2. The molecule has 2 amide bonds. The number of hydrogen-bond acceptors (Lipinski definition) is 11. The Morgan fingerprint density at radius 1 is 1.04 bits per heavy atom. The predicted octanol–water partition coefficient (Wildman–Crippen LogP) is 7.09. The molecule has 5 heterocycles. The molecule has 13 nitrogen and oxygen atoms in total. The van der Waals surface area contributed by atoms with E-state index in [1.807, 2.05) is 19.9 Å². The van der Waals surface area contributed by atoms with Gasteiger partial charge in [0, 0.05) is 37.4 Å². The maximum atomic E-state index is 13.3. The minimum atomic E-state index is -4.61. The van der Waals surface area contributed by atoms with Gasteiger partial charge < -0.3 is 39.8 Å². The molecular weight excluding hydrogens is 731 g/mol. The Labute approximate surface area is 316 Å². The zero-order chi connectivity index (χ0) is 38.6. The standard InChI is InChI=1S/C37H43ClF3N7O6/c1-36(2)22-43-31(49)27-10-12-28(13-11-27)44-33-45-32(46-34(47-33)54-24-37(39,40)41)42-20-26-9-14-30(29(38)19-26)52-16-6-15-48(23-36)35(50)53-18-17-51-21-25-7-4-3-5-8-25/h4,7-14,19H,3,5-6,15-18,20-24H2,1-2H3,(H,43,49)(H2,42,44,45,46,47). The van der Waals surface area contributed by atoms with Crippen molar-refractivity contribution in [2.24, 2.45) is 5.41 Å². The van der Waals surface area contributed by atoms with Gasteiger partial charge in [0.2, 0.25) is 11.9 Å². The summed E-state index contributed by atoms with van der Waals surface area (Å²) in [5.41, 5.74) is 2.05. The van der Waals surface area contributed by atoms with Crippen molar-refractivity contribution in [2.75, 3.05) is 63.3 Å². The molecule has 3 aromatic rings. The summed E-state index contributed by atoms with van der Waals surface area (Å²) < 4.78 is 60.7.